The molecule has 0 saturated heterocycles. The second-order valence-electron chi connectivity index (χ2n) is 3.43. The molecule has 19 heavy (non-hydrogen) atoms. The summed E-state index contributed by atoms with van der Waals surface area (Å²) in [6.45, 7) is -0.933. The average Bonchev–Trinajstić information content (AvgIpc) is 2.26. The van der Waals surface area contributed by atoms with Gasteiger partial charge in [-0.05, 0) is 6.07 Å². The molecule has 1 aromatic rings. The first-order valence-electron chi connectivity index (χ1n) is 4.81. The van der Waals surface area contributed by atoms with Crippen molar-refractivity contribution in [3.63, 3.8) is 0 Å². The largest absolute Gasteiger partial charge is 0.423 e. The van der Waals surface area contributed by atoms with Gasteiger partial charge in [0.05, 0.1) is 6.61 Å². The molecule has 0 aliphatic carbocycles. The van der Waals surface area contributed by atoms with E-state index < -0.39 is 25.1 Å². The lowest BCUT2D eigenvalue weighted by atomic mass is 10.2. The number of ether oxygens (including phenoxy) is 1. The predicted molar refractivity (Wildman–Crippen MR) is 52.7 cm³/mol. The second kappa shape index (κ2) is 5.61. The third kappa shape index (κ3) is 4.24. The quantitative estimate of drug-likeness (QED) is 0.507. The number of nitrogens with two attached hydrogens (primary N) is 1. The average molecular weight is 289 g/mol. The molecule has 1 rings (SSSR count). The van der Waals surface area contributed by atoms with Gasteiger partial charge in [0.2, 0.25) is 6.10 Å². The van der Waals surface area contributed by atoms with Gasteiger partial charge < -0.3 is 10.2 Å². The number of halogens is 6. The van der Waals surface area contributed by atoms with Crippen LogP contribution in [0.4, 0.5) is 32.2 Å². The fraction of sp³-hybridized carbons (Fsp3) is 0.444. The highest BCUT2D eigenvalue weighted by Gasteiger charge is 2.57. The predicted octanol–water partition coefficient (Wildman–Crippen LogP) is 2.38. The van der Waals surface area contributed by atoms with Gasteiger partial charge in [-0.25, -0.2) is 10.8 Å². The topological polar surface area (TPSA) is 60.2 Å². The zero-order valence-corrected chi connectivity index (χ0v) is 9.22. The number of nitrogen functional groups attached to an aromatic ring is 1. The molecule has 0 bridgehead atoms. The number of rotatable bonds is 4. The minimum atomic E-state index is -5.54. The van der Waals surface area contributed by atoms with Crippen molar-refractivity contribution in [1.82, 2.24) is 4.98 Å². The van der Waals surface area contributed by atoms with Crippen LogP contribution in [-0.2, 0) is 11.3 Å². The molecular weight excluding hydrogens is 280 g/mol. The third-order valence-electron chi connectivity index (χ3n) is 2.03. The fourth-order valence-corrected chi connectivity index (χ4v) is 1.23. The molecular formula is C9H9F6N3O. The van der Waals surface area contributed by atoms with Crippen molar-refractivity contribution in [2.45, 2.75) is 25.1 Å². The first-order chi connectivity index (χ1) is 8.66. The minimum absolute atomic E-state index is 0.0245. The van der Waals surface area contributed by atoms with Gasteiger partial charge in [0.1, 0.15) is 5.82 Å². The van der Waals surface area contributed by atoms with Crippen LogP contribution < -0.4 is 11.3 Å². The zero-order chi connectivity index (χ0) is 14.7. The third-order valence-corrected chi connectivity index (χ3v) is 2.03. The first kappa shape index (κ1) is 15.5. The van der Waals surface area contributed by atoms with Crippen LogP contribution in [0, 0.1) is 0 Å². The number of hydrogen-bond acceptors (Lipinski definition) is 4. The number of anilines is 1. The number of nitrogens with one attached hydrogen (secondary N) is 1. The van der Waals surface area contributed by atoms with E-state index in [-0.39, 0.29) is 11.4 Å². The highest BCUT2D eigenvalue weighted by Crippen LogP contribution is 2.36. The molecule has 0 fully saturated rings. The molecule has 10 heteroatoms. The lowest BCUT2D eigenvalue weighted by Crippen LogP contribution is -2.44. The molecule has 0 amide bonds. The number of aromatic nitrogens is 1. The van der Waals surface area contributed by atoms with Crippen molar-refractivity contribution in [2.75, 3.05) is 5.43 Å². The summed E-state index contributed by atoms with van der Waals surface area (Å²) in [4.78, 5) is 3.62. The van der Waals surface area contributed by atoms with Crippen molar-refractivity contribution in [3.8, 4) is 0 Å². The molecule has 0 saturated carbocycles. The molecule has 1 aromatic heterocycles. The van der Waals surface area contributed by atoms with Gasteiger partial charge in [-0.2, -0.15) is 26.3 Å². The van der Waals surface area contributed by atoms with E-state index in [9.17, 15) is 26.3 Å². The van der Waals surface area contributed by atoms with E-state index in [2.05, 4.69) is 9.72 Å². The van der Waals surface area contributed by atoms with Crippen molar-refractivity contribution in [1.29, 1.82) is 0 Å². The van der Waals surface area contributed by atoms with Crippen LogP contribution in [0.15, 0.2) is 18.3 Å². The molecule has 0 unspecified atom stereocenters. The molecule has 0 radical (unpaired) electrons. The smallest absolute Gasteiger partial charge is 0.356 e. The minimum Gasteiger partial charge on any atom is -0.356 e. The number of nitrogens with zero attached hydrogens (tertiary/aromatic N) is 1. The molecule has 0 spiro atoms. The van der Waals surface area contributed by atoms with E-state index in [0.29, 0.717) is 0 Å². The maximum Gasteiger partial charge on any atom is 0.423 e. The van der Waals surface area contributed by atoms with Crippen molar-refractivity contribution < 1.29 is 31.1 Å². The molecule has 0 atom stereocenters. The van der Waals surface area contributed by atoms with Gasteiger partial charge in [-0.15, -0.1) is 0 Å². The molecule has 0 aromatic carbocycles. The Hall–Kier alpha value is -1.55. The van der Waals surface area contributed by atoms with Crippen molar-refractivity contribution in [3.05, 3.63) is 23.9 Å². The van der Waals surface area contributed by atoms with Crippen LogP contribution in [0.2, 0.25) is 0 Å². The van der Waals surface area contributed by atoms with Crippen LogP contribution in [0.1, 0.15) is 5.56 Å². The Morgan fingerprint density at radius 1 is 1.21 bits per heavy atom. The molecule has 0 aliphatic rings. The fourth-order valence-electron chi connectivity index (χ4n) is 1.23. The normalized spacial score (nSPS) is 12.8. The van der Waals surface area contributed by atoms with E-state index in [1.54, 1.807) is 0 Å². The highest BCUT2D eigenvalue weighted by atomic mass is 19.4. The van der Waals surface area contributed by atoms with Gasteiger partial charge >= 0.3 is 12.4 Å². The lowest BCUT2D eigenvalue weighted by molar-refractivity contribution is -0.324. The van der Waals surface area contributed by atoms with E-state index >= 15 is 0 Å². The summed E-state index contributed by atoms with van der Waals surface area (Å²) in [5.74, 6) is 4.95. The van der Waals surface area contributed by atoms with Gasteiger partial charge in [-0.3, -0.25) is 0 Å². The first-order valence-corrected chi connectivity index (χ1v) is 4.81. The van der Waals surface area contributed by atoms with Gasteiger partial charge in [0.15, 0.2) is 0 Å². The summed E-state index contributed by atoms with van der Waals surface area (Å²) in [6, 6.07) is 2.57. The number of hydrogen-bond donors (Lipinski definition) is 2. The summed E-state index contributed by atoms with van der Waals surface area (Å²) in [7, 11) is 0. The second-order valence-corrected chi connectivity index (χ2v) is 3.43. The van der Waals surface area contributed by atoms with Gasteiger partial charge in [-0.1, -0.05) is 6.07 Å². The molecule has 0 aliphatic heterocycles. The number of hydrazine groups is 1. The van der Waals surface area contributed by atoms with Crippen molar-refractivity contribution in [2.24, 2.45) is 5.84 Å². The molecule has 1 heterocycles. The molecule has 3 N–H and O–H groups in total. The zero-order valence-electron chi connectivity index (χ0n) is 9.22. The Kier molecular flexibility index (Phi) is 4.58. The maximum absolute atomic E-state index is 12.2. The summed E-state index contributed by atoms with van der Waals surface area (Å²) < 4.78 is 77.1. The molecule has 4 nitrogen and oxygen atoms in total. The Morgan fingerprint density at radius 2 is 1.79 bits per heavy atom. The van der Waals surface area contributed by atoms with Crippen LogP contribution >= 0.6 is 0 Å². The van der Waals surface area contributed by atoms with Crippen LogP contribution in [0.3, 0.4) is 0 Å². The van der Waals surface area contributed by atoms with E-state index in [1.165, 1.54) is 18.3 Å². The van der Waals surface area contributed by atoms with Crippen molar-refractivity contribution >= 4 is 5.82 Å². The van der Waals surface area contributed by atoms with Gasteiger partial charge in [0.25, 0.3) is 0 Å². The summed E-state index contributed by atoms with van der Waals surface area (Å²) in [6.07, 6.45) is -13.7. The SMILES string of the molecule is NNc1ncccc1COC(C(F)(F)F)C(F)(F)F. The Bertz CT molecular complexity index is 405. The van der Waals surface area contributed by atoms with E-state index in [4.69, 9.17) is 5.84 Å². The Labute approximate surface area is 103 Å². The summed E-state index contributed by atoms with van der Waals surface area (Å²) in [5.41, 5.74) is 2.02. The van der Waals surface area contributed by atoms with E-state index in [1.807, 2.05) is 5.43 Å². The highest BCUT2D eigenvalue weighted by molar-refractivity contribution is 5.41. The number of pyridine rings is 1. The monoisotopic (exact) mass is 289 g/mol. The Balaban J connectivity index is 2.83. The van der Waals surface area contributed by atoms with Gasteiger partial charge in [0, 0.05) is 11.8 Å². The van der Waals surface area contributed by atoms with Crippen LogP contribution in [0.25, 0.3) is 0 Å². The summed E-state index contributed by atoms with van der Waals surface area (Å²) >= 11 is 0. The number of alkyl halides is 6. The van der Waals surface area contributed by atoms with Crippen LogP contribution in [-0.4, -0.2) is 23.4 Å². The Morgan fingerprint density at radius 3 is 2.26 bits per heavy atom. The molecule has 108 valence electrons. The van der Waals surface area contributed by atoms with E-state index in [0.717, 1.165) is 0 Å². The van der Waals surface area contributed by atoms with Crippen LogP contribution in [0.5, 0.6) is 0 Å². The standard InChI is InChI=1S/C9H9F6N3O/c10-8(11,12)7(9(13,14)15)19-4-5-2-1-3-17-6(5)18-16/h1-3,7H,4,16H2,(H,17,18). The lowest BCUT2D eigenvalue weighted by Gasteiger charge is -2.23. The summed E-state index contributed by atoms with van der Waals surface area (Å²) in [5, 5.41) is 0. The maximum atomic E-state index is 12.2.